The number of tetrazole rings is 1. The number of H-pyrrole nitrogens is 1. The largest absolute Gasteiger partial charge is 0.516 e. The van der Waals surface area contributed by atoms with E-state index in [4.69, 9.17) is 18.9 Å². The highest BCUT2D eigenvalue weighted by atomic mass is 16.9. The molecule has 0 saturated heterocycles. The maximum Gasteiger partial charge on any atom is 0.516 e. The van der Waals surface area contributed by atoms with E-state index in [1.807, 2.05) is 55.5 Å². The molecular weight excluding hydrogens is 650 g/mol. The summed E-state index contributed by atoms with van der Waals surface area (Å²) in [6.07, 6.45) is -2.49. The minimum absolute atomic E-state index is 0.0549. The number of hydrogen-bond donors (Lipinski definition) is 1. The van der Waals surface area contributed by atoms with E-state index in [9.17, 15) is 19.7 Å². The number of ether oxygens (including phenoxy) is 4. The number of aromatic nitrogens is 6. The quantitative estimate of drug-likeness (QED) is 0.0509. The van der Waals surface area contributed by atoms with Crippen LogP contribution >= 0.6 is 0 Å². The van der Waals surface area contributed by atoms with Crippen LogP contribution in [0.1, 0.15) is 35.3 Å². The fraction of sp³-hybridized carbons (Fsp3) is 0.176. The van der Waals surface area contributed by atoms with Crippen LogP contribution in [0.25, 0.3) is 33.5 Å². The number of carbonyl (C=O) groups excluding carboxylic acids is 2. The zero-order valence-corrected chi connectivity index (χ0v) is 26.7. The van der Waals surface area contributed by atoms with E-state index < -0.39 is 23.5 Å². The lowest BCUT2D eigenvalue weighted by Gasteiger charge is -2.15. The summed E-state index contributed by atoms with van der Waals surface area (Å²) in [5, 5.41) is 23.9. The molecule has 1 atom stereocenters. The molecule has 1 unspecified atom stereocenters. The molecule has 6 rings (SSSR count). The summed E-state index contributed by atoms with van der Waals surface area (Å²) < 4.78 is 23.4. The highest BCUT2D eigenvalue weighted by molar-refractivity contribution is 6.02. The van der Waals surface area contributed by atoms with Gasteiger partial charge in [0.05, 0.1) is 29.7 Å². The number of hydrogen-bond acceptors (Lipinski definition) is 13. The summed E-state index contributed by atoms with van der Waals surface area (Å²) in [4.78, 5) is 45.3. The molecule has 0 amide bonds. The maximum atomic E-state index is 13.5. The Balaban J connectivity index is 1.18. The second-order valence-corrected chi connectivity index (χ2v) is 10.7. The minimum atomic E-state index is -1.34. The van der Waals surface area contributed by atoms with Crippen LogP contribution in [0.4, 0.5) is 4.79 Å². The van der Waals surface area contributed by atoms with Crippen LogP contribution in [-0.4, -0.2) is 60.3 Å². The SMILES string of the molecule is CCOc1nc2cccc(C(=O)OC(C)OC(=O)Oc3cccc(CO[N+](=O)[O-])c3)c2n1Cc1ccc(-c2ccccc2-c2nn[nH]n2)cc1. The number of carbonyl (C=O) groups is 2. The van der Waals surface area contributed by atoms with Gasteiger partial charge in [0.15, 0.2) is 0 Å². The molecule has 16 heteroatoms. The van der Waals surface area contributed by atoms with E-state index in [0.717, 1.165) is 22.3 Å². The van der Waals surface area contributed by atoms with Gasteiger partial charge in [-0.3, -0.25) is 4.57 Å². The Kier molecular flexibility index (Phi) is 9.88. The third-order valence-electron chi connectivity index (χ3n) is 7.32. The van der Waals surface area contributed by atoms with Crippen LogP contribution in [0, 0.1) is 10.1 Å². The van der Waals surface area contributed by atoms with Gasteiger partial charge in [-0.25, -0.2) is 9.59 Å². The maximum absolute atomic E-state index is 13.5. The van der Waals surface area contributed by atoms with Crippen LogP contribution in [-0.2, 0) is 27.5 Å². The lowest BCUT2D eigenvalue weighted by atomic mass is 9.98. The van der Waals surface area contributed by atoms with Crippen molar-refractivity contribution in [3.8, 4) is 34.3 Å². The Morgan fingerprint density at radius 3 is 2.46 bits per heavy atom. The Morgan fingerprint density at radius 1 is 0.940 bits per heavy atom. The Hall–Kier alpha value is -6.84. The third-order valence-corrected chi connectivity index (χ3v) is 7.32. The molecule has 0 aliphatic heterocycles. The topological polar surface area (TPSA) is 196 Å². The van der Waals surface area contributed by atoms with Crippen molar-refractivity contribution in [3.63, 3.8) is 0 Å². The highest BCUT2D eigenvalue weighted by Crippen LogP contribution is 2.31. The first-order chi connectivity index (χ1) is 24.3. The predicted molar refractivity (Wildman–Crippen MR) is 175 cm³/mol. The van der Waals surface area contributed by atoms with E-state index in [1.165, 1.54) is 25.1 Å². The molecule has 50 heavy (non-hydrogen) atoms. The highest BCUT2D eigenvalue weighted by Gasteiger charge is 2.23. The number of nitrogens with one attached hydrogen (secondary N) is 1. The second kappa shape index (κ2) is 14.9. The normalized spacial score (nSPS) is 11.5. The molecule has 4 aromatic carbocycles. The number of fused-ring (bicyclic) bond motifs is 1. The first-order valence-electron chi connectivity index (χ1n) is 15.3. The van der Waals surface area contributed by atoms with Gasteiger partial charge in [-0.15, -0.1) is 20.3 Å². The van der Waals surface area contributed by atoms with E-state index in [-0.39, 0.29) is 17.9 Å². The van der Waals surface area contributed by atoms with Crippen molar-refractivity contribution in [2.45, 2.75) is 33.3 Å². The van der Waals surface area contributed by atoms with E-state index in [2.05, 4.69) is 30.4 Å². The van der Waals surface area contributed by atoms with Gasteiger partial charge >= 0.3 is 12.1 Å². The number of rotatable bonds is 13. The zero-order valence-electron chi connectivity index (χ0n) is 26.7. The Morgan fingerprint density at radius 2 is 1.72 bits per heavy atom. The molecule has 2 aromatic heterocycles. The van der Waals surface area contributed by atoms with Gasteiger partial charge in [0, 0.05) is 12.5 Å². The number of imidazole rings is 1. The molecule has 0 fully saturated rings. The monoisotopic (exact) mass is 679 g/mol. The number of para-hydroxylation sites is 1. The molecule has 0 aliphatic rings. The van der Waals surface area contributed by atoms with Crippen LogP contribution in [0.2, 0.25) is 0 Å². The second-order valence-electron chi connectivity index (χ2n) is 10.7. The van der Waals surface area contributed by atoms with Crippen molar-refractivity contribution in [2.24, 2.45) is 0 Å². The van der Waals surface area contributed by atoms with Crippen molar-refractivity contribution in [1.82, 2.24) is 30.2 Å². The van der Waals surface area contributed by atoms with E-state index in [1.54, 1.807) is 28.8 Å². The molecular formula is C34H29N7O9. The van der Waals surface area contributed by atoms with Gasteiger partial charge in [-0.1, -0.05) is 66.7 Å². The summed E-state index contributed by atoms with van der Waals surface area (Å²) in [6, 6.07) is 26.9. The summed E-state index contributed by atoms with van der Waals surface area (Å²) >= 11 is 0. The molecule has 0 aliphatic carbocycles. The van der Waals surface area contributed by atoms with Gasteiger partial charge < -0.3 is 23.8 Å². The van der Waals surface area contributed by atoms with Crippen molar-refractivity contribution >= 4 is 23.2 Å². The Bertz CT molecular complexity index is 2130. The number of nitrogens with zero attached hydrogens (tertiary/aromatic N) is 6. The molecule has 1 N–H and O–H groups in total. The summed E-state index contributed by atoms with van der Waals surface area (Å²) in [7, 11) is 0. The first-order valence-corrected chi connectivity index (χ1v) is 15.3. The van der Waals surface area contributed by atoms with Crippen molar-refractivity contribution < 1.29 is 38.5 Å². The molecule has 0 saturated carbocycles. The van der Waals surface area contributed by atoms with Gasteiger partial charge in [-0.05, 0) is 58.7 Å². The van der Waals surface area contributed by atoms with Crippen LogP contribution in [0.3, 0.4) is 0 Å². The fourth-order valence-electron chi connectivity index (χ4n) is 5.21. The molecule has 0 radical (unpaired) electrons. The Labute approximate surface area is 283 Å². The first kappa shape index (κ1) is 33.1. The number of benzene rings is 4. The van der Waals surface area contributed by atoms with Crippen LogP contribution < -0.4 is 9.47 Å². The van der Waals surface area contributed by atoms with E-state index >= 15 is 0 Å². The minimum Gasteiger partial charge on any atom is -0.465 e. The average molecular weight is 680 g/mol. The van der Waals surface area contributed by atoms with Crippen molar-refractivity contribution in [3.05, 3.63) is 118 Å². The molecule has 0 spiro atoms. The van der Waals surface area contributed by atoms with Gasteiger partial charge in [0.25, 0.3) is 11.1 Å². The van der Waals surface area contributed by atoms with Gasteiger partial charge in [0.1, 0.15) is 12.4 Å². The predicted octanol–water partition coefficient (Wildman–Crippen LogP) is 5.76. The summed E-state index contributed by atoms with van der Waals surface area (Å²) in [5.74, 6) is -0.230. The fourth-order valence-corrected chi connectivity index (χ4v) is 5.21. The average Bonchev–Trinajstić information content (AvgIpc) is 3.77. The smallest absolute Gasteiger partial charge is 0.465 e. The third kappa shape index (κ3) is 7.65. The van der Waals surface area contributed by atoms with Crippen LogP contribution in [0.5, 0.6) is 11.8 Å². The van der Waals surface area contributed by atoms with Crippen molar-refractivity contribution in [2.75, 3.05) is 6.61 Å². The molecule has 6 aromatic rings. The lowest BCUT2D eigenvalue weighted by molar-refractivity contribution is -0.763. The molecule has 254 valence electrons. The lowest BCUT2D eigenvalue weighted by Crippen LogP contribution is -2.24. The summed E-state index contributed by atoms with van der Waals surface area (Å²) in [5.41, 5.74) is 5.16. The summed E-state index contributed by atoms with van der Waals surface area (Å²) in [6.45, 7) is 3.52. The van der Waals surface area contributed by atoms with Crippen molar-refractivity contribution in [1.29, 1.82) is 0 Å². The van der Waals surface area contributed by atoms with E-state index in [0.29, 0.717) is 41.6 Å². The van der Waals surface area contributed by atoms with Gasteiger partial charge in [0.2, 0.25) is 12.1 Å². The molecule has 2 heterocycles. The standard InChI is InChI=1S/C34H29N7O9/c1-3-46-33-35-29-13-7-12-28(32(42)48-21(2)49-34(43)50-25-9-6-8-23(18-25)20-47-41(44)45)30(29)40(33)19-22-14-16-24(17-15-22)26-10-4-5-11-27(26)31-36-38-39-37-31/h4-18,21H,3,19-20H2,1-2H3,(H,36,37,38,39). The van der Waals surface area contributed by atoms with Crippen LogP contribution in [0.15, 0.2) is 91.0 Å². The van der Waals surface area contributed by atoms with Gasteiger partial charge in [-0.2, -0.15) is 10.2 Å². The number of aromatic amines is 1. The molecule has 0 bridgehead atoms. The number of esters is 1. The zero-order chi connectivity index (χ0) is 35.0. The molecule has 16 nitrogen and oxygen atoms in total.